The van der Waals surface area contributed by atoms with Crippen LogP contribution < -0.4 is 5.32 Å². The summed E-state index contributed by atoms with van der Waals surface area (Å²) in [6, 6.07) is 1.18. The lowest BCUT2D eigenvalue weighted by Gasteiger charge is -2.29. The molecule has 2 atom stereocenters. The second kappa shape index (κ2) is 5.04. The molecule has 0 spiro atoms. The van der Waals surface area contributed by atoms with Crippen molar-refractivity contribution in [2.24, 2.45) is 0 Å². The minimum absolute atomic E-state index is 0.0622. The molecule has 2 N–H and O–H groups in total. The van der Waals surface area contributed by atoms with Crippen LogP contribution in [0.2, 0.25) is 0 Å². The van der Waals surface area contributed by atoms with Gasteiger partial charge in [-0.2, -0.15) is 0 Å². The molecule has 1 saturated heterocycles. The number of aromatic nitrogens is 1. The van der Waals surface area contributed by atoms with Crippen molar-refractivity contribution in [3.8, 4) is 0 Å². The van der Waals surface area contributed by atoms with E-state index in [1.165, 1.54) is 6.07 Å². The van der Waals surface area contributed by atoms with E-state index in [2.05, 4.69) is 10.3 Å². The smallest absolute Gasteiger partial charge is 0.342 e. The Morgan fingerprint density at radius 1 is 1.70 bits per heavy atom. The molecule has 2 unspecified atom stereocenters. The van der Waals surface area contributed by atoms with Crippen molar-refractivity contribution in [3.63, 3.8) is 0 Å². The van der Waals surface area contributed by atoms with Gasteiger partial charge in [0.15, 0.2) is 0 Å². The number of hydrogen-bond acceptors (Lipinski definition) is 6. The Kier molecular flexibility index (Phi) is 3.58. The summed E-state index contributed by atoms with van der Waals surface area (Å²) in [5.74, 6) is -1.07. The molecule has 108 valence electrons. The maximum absolute atomic E-state index is 11.1. The number of carbonyl (C=O) groups is 1. The number of carboxylic acids is 1. The first-order valence-corrected chi connectivity index (χ1v) is 6.11. The van der Waals surface area contributed by atoms with Crippen LogP contribution in [0.4, 0.5) is 11.5 Å². The van der Waals surface area contributed by atoms with Crippen LogP contribution in [0.3, 0.4) is 0 Å². The van der Waals surface area contributed by atoms with Crippen LogP contribution in [0.25, 0.3) is 0 Å². The third-order valence-electron chi connectivity index (χ3n) is 3.61. The third kappa shape index (κ3) is 2.55. The van der Waals surface area contributed by atoms with E-state index in [1.54, 1.807) is 0 Å². The van der Waals surface area contributed by atoms with Crippen LogP contribution in [0, 0.1) is 10.1 Å². The van der Waals surface area contributed by atoms with E-state index < -0.39 is 16.6 Å². The van der Waals surface area contributed by atoms with Gasteiger partial charge in [0.2, 0.25) is 0 Å². The van der Waals surface area contributed by atoms with Crippen LogP contribution >= 0.6 is 0 Å². The number of anilines is 1. The van der Waals surface area contributed by atoms with Crippen LogP contribution in [-0.4, -0.2) is 39.2 Å². The molecule has 1 aliphatic rings. The number of nitrogens with one attached hydrogen (secondary N) is 1. The molecule has 1 aliphatic heterocycles. The second-order valence-electron chi connectivity index (χ2n) is 4.95. The lowest BCUT2D eigenvalue weighted by Crippen LogP contribution is -2.41. The normalized spacial score (nSPS) is 25.4. The Morgan fingerprint density at radius 3 is 2.90 bits per heavy atom. The predicted molar refractivity (Wildman–Crippen MR) is 69.9 cm³/mol. The molecule has 20 heavy (non-hydrogen) atoms. The first-order chi connectivity index (χ1) is 9.33. The number of carboxylic acid groups (broad SMARTS) is 1. The van der Waals surface area contributed by atoms with Crippen molar-refractivity contribution in [1.82, 2.24) is 4.98 Å². The number of nitrogens with zero attached hydrogens (tertiary/aromatic N) is 2. The number of ether oxygens (including phenoxy) is 1. The number of pyridine rings is 1. The van der Waals surface area contributed by atoms with Crippen molar-refractivity contribution < 1.29 is 19.6 Å². The molecule has 0 saturated carbocycles. The summed E-state index contributed by atoms with van der Waals surface area (Å²) in [6.45, 7) is 4.45. The Morgan fingerprint density at radius 2 is 2.40 bits per heavy atom. The largest absolute Gasteiger partial charge is 0.477 e. The van der Waals surface area contributed by atoms with E-state index in [-0.39, 0.29) is 23.0 Å². The Balaban J connectivity index is 2.32. The highest BCUT2D eigenvalue weighted by Crippen LogP contribution is 2.30. The van der Waals surface area contributed by atoms with E-state index >= 15 is 0 Å². The number of hydrogen-bond donors (Lipinski definition) is 2. The van der Waals surface area contributed by atoms with Gasteiger partial charge >= 0.3 is 11.7 Å². The zero-order valence-corrected chi connectivity index (χ0v) is 11.1. The van der Waals surface area contributed by atoms with E-state index in [0.29, 0.717) is 6.61 Å². The average molecular weight is 281 g/mol. The van der Waals surface area contributed by atoms with Gasteiger partial charge in [0, 0.05) is 12.7 Å². The molecule has 2 heterocycles. The fraction of sp³-hybridized carbons (Fsp3) is 0.500. The highest BCUT2D eigenvalue weighted by atomic mass is 16.6. The first kappa shape index (κ1) is 14.2. The molecular formula is C12H15N3O5. The molecule has 0 amide bonds. The minimum atomic E-state index is -1.36. The molecule has 1 aromatic rings. The summed E-state index contributed by atoms with van der Waals surface area (Å²) in [7, 11) is 0. The molecule has 0 aliphatic carbocycles. The van der Waals surface area contributed by atoms with Gasteiger partial charge in [-0.05, 0) is 20.3 Å². The van der Waals surface area contributed by atoms with Crippen LogP contribution in [0.5, 0.6) is 0 Å². The molecule has 0 radical (unpaired) electrons. The third-order valence-corrected chi connectivity index (χ3v) is 3.61. The van der Waals surface area contributed by atoms with Crippen molar-refractivity contribution >= 4 is 17.5 Å². The van der Waals surface area contributed by atoms with Crippen LogP contribution in [-0.2, 0) is 4.74 Å². The highest BCUT2D eigenvalue weighted by Gasteiger charge is 2.37. The maximum atomic E-state index is 11.1. The zero-order chi connectivity index (χ0) is 14.9. The lowest BCUT2D eigenvalue weighted by molar-refractivity contribution is -0.385. The van der Waals surface area contributed by atoms with E-state index in [0.717, 1.165) is 12.6 Å². The van der Waals surface area contributed by atoms with Crippen LogP contribution in [0.15, 0.2) is 12.3 Å². The Bertz CT molecular complexity index is 562. The van der Waals surface area contributed by atoms with Gasteiger partial charge in [-0.1, -0.05) is 0 Å². The summed E-state index contributed by atoms with van der Waals surface area (Å²) in [4.78, 5) is 25.0. The summed E-state index contributed by atoms with van der Waals surface area (Å²) in [5.41, 5.74) is -1.29. The van der Waals surface area contributed by atoms with E-state index in [4.69, 9.17) is 9.84 Å². The van der Waals surface area contributed by atoms with Crippen molar-refractivity contribution in [2.45, 2.75) is 31.9 Å². The summed E-state index contributed by atoms with van der Waals surface area (Å²) in [6.07, 6.45) is 1.64. The lowest BCUT2D eigenvalue weighted by atomic mass is 9.94. The van der Waals surface area contributed by atoms with Gasteiger partial charge in [0.1, 0.15) is 17.6 Å². The minimum Gasteiger partial charge on any atom is -0.477 e. The van der Waals surface area contributed by atoms with Crippen molar-refractivity contribution in [3.05, 3.63) is 27.9 Å². The van der Waals surface area contributed by atoms with E-state index in [9.17, 15) is 14.9 Å². The molecule has 0 aromatic carbocycles. The molecule has 8 heteroatoms. The molecule has 1 aromatic heterocycles. The molecule has 1 fully saturated rings. The zero-order valence-electron chi connectivity index (χ0n) is 11.1. The quantitative estimate of drug-likeness (QED) is 0.637. The topological polar surface area (TPSA) is 115 Å². The predicted octanol–water partition coefficient (Wildman–Crippen LogP) is 1.67. The molecule has 0 bridgehead atoms. The summed E-state index contributed by atoms with van der Waals surface area (Å²) in [5, 5.41) is 22.9. The average Bonchev–Trinajstić information content (AvgIpc) is 2.68. The molecule has 8 nitrogen and oxygen atoms in total. The molecular weight excluding hydrogens is 266 g/mol. The Hall–Kier alpha value is -2.22. The SMILES string of the molecule is CC1OCCC1(C)Nc1cc(C(=O)O)c([N+](=O)[O-])cn1. The van der Waals surface area contributed by atoms with Crippen molar-refractivity contribution in [2.75, 3.05) is 11.9 Å². The summed E-state index contributed by atoms with van der Waals surface area (Å²) >= 11 is 0. The van der Waals surface area contributed by atoms with Crippen molar-refractivity contribution in [1.29, 1.82) is 0 Å². The first-order valence-electron chi connectivity index (χ1n) is 6.11. The van der Waals surface area contributed by atoms with Crippen LogP contribution in [0.1, 0.15) is 30.6 Å². The fourth-order valence-corrected chi connectivity index (χ4v) is 2.12. The van der Waals surface area contributed by atoms with Gasteiger partial charge in [-0.25, -0.2) is 9.78 Å². The van der Waals surface area contributed by atoms with Gasteiger partial charge in [-0.3, -0.25) is 10.1 Å². The van der Waals surface area contributed by atoms with E-state index in [1.807, 2.05) is 13.8 Å². The maximum Gasteiger partial charge on any atom is 0.342 e. The second-order valence-corrected chi connectivity index (χ2v) is 4.95. The standard InChI is InChI=1S/C12H15N3O5/c1-7-12(2,3-4-20-7)14-10-5-8(11(16)17)9(6-13-10)15(18)19/h5-7H,3-4H2,1-2H3,(H,13,14)(H,16,17). The van der Waals surface area contributed by atoms with Gasteiger partial charge in [0.25, 0.3) is 0 Å². The number of aromatic carboxylic acids is 1. The highest BCUT2D eigenvalue weighted by molar-refractivity contribution is 5.93. The fourth-order valence-electron chi connectivity index (χ4n) is 2.12. The number of nitro groups is 1. The number of rotatable bonds is 4. The summed E-state index contributed by atoms with van der Waals surface area (Å²) < 4.78 is 5.47. The monoisotopic (exact) mass is 281 g/mol. The molecule has 2 rings (SSSR count). The van der Waals surface area contributed by atoms with Gasteiger partial charge in [-0.15, -0.1) is 0 Å². The van der Waals surface area contributed by atoms with Gasteiger partial charge < -0.3 is 15.2 Å². The Labute approximate surface area is 114 Å². The van der Waals surface area contributed by atoms with Gasteiger partial charge in [0.05, 0.1) is 16.6 Å².